The molecule has 1 saturated heterocycles. The smallest absolute Gasteiger partial charge is 0.278 e. The van der Waals surface area contributed by atoms with Gasteiger partial charge in [-0.2, -0.15) is 0 Å². The summed E-state index contributed by atoms with van der Waals surface area (Å²) in [5, 5.41) is 15.0. The molecule has 3 rings (SSSR count). The fourth-order valence-electron chi connectivity index (χ4n) is 3.82. The van der Waals surface area contributed by atoms with Crippen molar-refractivity contribution < 1.29 is 4.79 Å². The van der Waals surface area contributed by atoms with Gasteiger partial charge in [-0.1, -0.05) is 51.1 Å². The van der Waals surface area contributed by atoms with Crippen LogP contribution < -0.4 is 10.6 Å². The molecule has 6 heteroatoms. The molecule has 1 amide bonds. The summed E-state index contributed by atoms with van der Waals surface area (Å²) in [5.74, 6) is 0.471. The molecule has 2 aromatic rings. The van der Waals surface area contributed by atoms with Crippen LogP contribution in [-0.2, 0) is 0 Å². The van der Waals surface area contributed by atoms with Crippen LogP contribution in [0, 0.1) is 6.92 Å². The minimum Gasteiger partial charge on any atom is -0.320 e. The van der Waals surface area contributed by atoms with Crippen LogP contribution in [0.3, 0.4) is 0 Å². The minimum atomic E-state index is -0.178. The molecule has 1 aromatic heterocycles. The van der Waals surface area contributed by atoms with Gasteiger partial charge in [0.05, 0.1) is 11.7 Å². The zero-order valence-electron chi connectivity index (χ0n) is 17.0. The molecule has 6 nitrogen and oxygen atoms in total. The number of rotatable bonds is 5. The highest BCUT2D eigenvalue weighted by Gasteiger charge is 2.24. The lowest BCUT2D eigenvalue weighted by atomic mass is 9.92. The van der Waals surface area contributed by atoms with E-state index < -0.39 is 0 Å². The van der Waals surface area contributed by atoms with Gasteiger partial charge in [0.2, 0.25) is 0 Å². The van der Waals surface area contributed by atoms with E-state index in [4.69, 9.17) is 0 Å². The van der Waals surface area contributed by atoms with Crippen molar-refractivity contribution in [2.24, 2.45) is 0 Å². The number of aromatic nitrogens is 3. The highest BCUT2D eigenvalue weighted by molar-refractivity contribution is 6.04. The van der Waals surface area contributed by atoms with Gasteiger partial charge < -0.3 is 10.6 Å². The van der Waals surface area contributed by atoms with E-state index in [0.29, 0.717) is 23.6 Å². The summed E-state index contributed by atoms with van der Waals surface area (Å²) in [5.41, 5.74) is 4.48. The molecule has 0 saturated carbocycles. The Morgan fingerprint density at radius 1 is 1.15 bits per heavy atom. The Hall–Kier alpha value is -2.21. The molecule has 2 heterocycles. The molecule has 0 radical (unpaired) electrons. The van der Waals surface area contributed by atoms with Crippen molar-refractivity contribution in [3.8, 4) is 0 Å². The van der Waals surface area contributed by atoms with E-state index in [9.17, 15) is 4.79 Å². The van der Waals surface area contributed by atoms with Crippen LogP contribution in [0.1, 0.15) is 85.7 Å². The van der Waals surface area contributed by atoms with E-state index in [0.717, 1.165) is 48.4 Å². The van der Waals surface area contributed by atoms with Gasteiger partial charge >= 0.3 is 0 Å². The van der Waals surface area contributed by atoms with Crippen LogP contribution >= 0.6 is 0 Å². The summed E-state index contributed by atoms with van der Waals surface area (Å²) >= 11 is 0. The van der Waals surface area contributed by atoms with Crippen LogP contribution in [0.15, 0.2) is 18.2 Å². The molecule has 1 fully saturated rings. The Balaban J connectivity index is 1.89. The monoisotopic (exact) mass is 369 g/mol. The van der Waals surface area contributed by atoms with Crippen LogP contribution in [-0.4, -0.2) is 34.0 Å². The maximum absolute atomic E-state index is 13.0. The Morgan fingerprint density at radius 3 is 2.30 bits per heavy atom. The fraction of sp³-hybridized carbons (Fsp3) is 0.571. The van der Waals surface area contributed by atoms with Crippen LogP contribution in [0.5, 0.6) is 0 Å². The first-order valence-corrected chi connectivity index (χ1v) is 9.96. The van der Waals surface area contributed by atoms with E-state index in [2.05, 4.69) is 66.8 Å². The van der Waals surface area contributed by atoms with Crippen molar-refractivity contribution in [2.75, 3.05) is 18.4 Å². The predicted molar refractivity (Wildman–Crippen MR) is 108 cm³/mol. The van der Waals surface area contributed by atoms with Gasteiger partial charge in [-0.3, -0.25) is 4.79 Å². The third-order valence-electron chi connectivity index (χ3n) is 5.41. The second kappa shape index (κ2) is 8.21. The largest absolute Gasteiger partial charge is 0.320 e. The van der Waals surface area contributed by atoms with Crippen molar-refractivity contribution in [1.82, 2.24) is 20.3 Å². The van der Waals surface area contributed by atoms with Gasteiger partial charge in [0.1, 0.15) is 0 Å². The SMILES string of the molecule is Cc1c(C(=O)Nc2c(C(C)C)cccc2C(C)C)nnn1C1CCNCC1. The molecule has 0 spiro atoms. The summed E-state index contributed by atoms with van der Waals surface area (Å²) in [7, 11) is 0. The summed E-state index contributed by atoms with van der Waals surface area (Å²) in [6.07, 6.45) is 2.03. The van der Waals surface area contributed by atoms with E-state index in [1.165, 1.54) is 0 Å². The molecular formula is C21H31N5O. The van der Waals surface area contributed by atoms with Crippen LogP contribution in [0.2, 0.25) is 0 Å². The van der Waals surface area contributed by atoms with Crippen LogP contribution in [0.25, 0.3) is 0 Å². The molecular weight excluding hydrogens is 338 g/mol. The van der Waals surface area contributed by atoms with Crippen molar-refractivity contribution in [2.45, 2.75) is 65.3 Å². The van der Waals surface area contributed by atoms with E-state index >= 15 is 0 Å². The Bertz CT molecular complexity index is 777. The lowest BCUT2D eigenvalue weighted by molar-refractivity contribution is 0.102. The zero-order chi connectivity index (χ0) is 19.6. The first-order chi connectivity index (χ1) is 12.9. The van der Waals surface area contributed by atoms with Gasteiger partial charge in [-0.15, -0.1) is 5.10 Å². The van der Waals surface area contributed by atoms with Gasteiger partial charge in [0.25, 0.3) is 5.91 Å². The number of amides is 1. The zero-order valence-corrected chi connectivity index (χ0v) is 17.0. The molecule has 0 aliphatic carbocycles. The lowest BCUT2D eigenvalue weighted by Crippen LogP contribution is -2.30. The molecule has 27 heavy (non-hydrogen) atoms. The Kier molecular flexibility index (Phi) is 5.95. The summed E-state index contributed by atoms with van der Waals surface area (Å²) in [6, 6.07) is 6.56. The summed E-state index contributed by atoms with van der Waals surface area (Å²) < 4.78 is 1.92. The number of para-hydroxylation sites is 1. The number of nitrogens with zero attached hydrogens (tertiary/aromatic N) is 3. The van der Waals surface area contributed by atoms with E-state index in [1.807, 2.05) is 11.6 Å². The number of benzene rings is 1. The number of carbonyl (C=O) groups is 1. The number of anilines is 1. The minimum absolute atomic E-state index is 0.178. The quantitative estimate of drug-likeness (QED) is 0.835. The molecule has 2 N–H and O–H groups in total. The number of carbonyl (C=O) groups excluding carboxylic acids is 1. The highest BCUT2D eigenvalue weighted by atomic mass is 16.2. The van der Waals surface area contributed by atoms with Gasteiger partial charge in [0, 0.05) is 5.69 Å². The topological polar surface area (TPSA) is 71.8 Å². The fourth-order valence-corrected chi connectivity index (χ4v) is 3.82. The van der Waals surface area contributed by atoms with E-state index in [-0.39, 0.29) is 5.91 Å². The first-order valence-electron chi connectivity index (χ1n) is 9.96. The van der Waals surface area contributed by atoms with Crippen molar-refractivity contribution >= 4 is 11.6 Å². The Labute approximate surface area is 161 Å². The molecule has 0 atom stereocenters. The maximum Gasteiger partial charge on any atom is 0.278 e. The van der Waals surface area contributed by atoms with E-state index in [1.54, 1.807) is 0 Å². The second-order valence-corrected chi connectivity index (χ2v) is 8.02. The number of hydrogen-bond donors (Lipinski definition) is 2. The average molecular weight is 370 g/mol. The van der Waals surface area contributed by atoms with Crippen molar-refractivity contribution in [3.05, 3.63) is 40.7 Å². The second-order valence-electron chi connectivity index (χ2n) is 8.02. The molecule has 1 aliphatic heterocycles. The average Bonchev–Trinajstić information content (AvgIpc) is 3.03. The standard InChI is InChI=1S/C21H31N5O/c1-13(2)17-7-6-8-18(14(3)4)20(17)23-21(27)19-15(5)26(25-24-19)16-9-11-22-12-10-16/h6-8,13-14,16,22H,9-12H2,1-5H3,(H,23,27). The van der Waals surface area contributed by atoms with Gasteiger partial charge in [-0.25, -0.2) is 4.68 Å². The summed E-state index contributed by atoms with van der Waals surface area (Å²) in [6.45, 7) is 12.5. The van der Waals surface area contributed by atoms with Crippen LogP contribution in [0.4, 0.5) is 5.69 Å². The summed E-state index contributed by atoms with van der Waals surface area (Å²) in [4.78, 5) is 13.0. The predicted octanol–water partition coefficient (Wildman–Crippen LogP) is 4.01. The van der Waals surface area contributed by atoms with Gasteiger partial charge in [0.15, 0.2) is 5.69 Å². The number of nitrogens with one attached hydrogen (secondary N) is 2. The Morgan fingerprint density at radius 2 is 1.74 bits per heavy atom. The third-order valence-corrected chi connectivity index (χ3v) is 5.41. The molecule has 146 valence electrons. The molecule has 0 unspecified atom stereocenters. The van der Waals surface area contributed by atoms with Gasteiger partial charge in [-0.05, 0) is 55.8 Å². The molecule has 1 aliphatic rings. The number of hydrogen-bond acceptors (Lipinski definition) is 4. The first kappa shape index (κ1) is 19.5. The highest BCUT2D eigenvalue weighted by Crippen LogP contribution is 2.33. The maximum atomic E-state index is 13.0. The third kappa shape index (κ3) is 4.05. The number of piperidine rings is 1. The van der Waals surface area contributed by atoms with Crippen molar-refractivity contribution in [1.29, 1.82) is 0 Å². The lowest BCUT2D eigenvalue weighted by Gasteiger charge is -2.23. The van der Waals surface area contributed by atoms with Crippen molar-refractivity contribution in [3.63, 3.8) is 0 Å². The normalized spacial score (nSPS) is 15.5. The molecule has 0 bridgehead atoms. The molecule has 1 aromatic carbocycles.